The summed E-state index contributed by atoms with van der Waals surface area (Å²) < 4.78 is 11.8. The lowest BCUT2D eigenvalue weighted by Crippen LogP contribution is -2.29. The van der Waals surface area contributed by atoms with Crippen LogP contribution in [0.4, 0.5) is 5.13 Å². The summed E-state index contributed by atoms with van der Waals surface area (Å²) in [4.78, 5) is 19.7. The topological polar surface area (TPSA) is 76.9 Å². The molecule has 1 aromatic heterocycles. The number of amides is 1. The van der Waals surface area contributed by atoms with Crippen LogP contribution >= 0.6 is 34.7 Å². The van der Waals surface area contributed by atoms with Crippen LogP contribution < -0.4 is 9.47 Å². The maximum Gasteiger partial charge on any atom is 0.267 e. The predicted molar refractivity (Wildman–Crippen MR) is 143 cm³/mol. The fourth-order valence-corrected chi connectivity index (χ4v) is 4.92. The van der Waals surface area contributed by atoms with E-state index in [1.54, 1.807) is 11.0 Å². The molecular weight excluding hydrogens is 504 g/mol. The van der Waals surface area contributed by atoms with Crippen LogP contribution in [0.2, 0.25) is 5.02 Å². The molecule has 1 saturated heterocycles. The molecule has 0 bridgehead atoms. The first-order valence-electron chi connectivity index (χ1n) is 10.8. The zero-order valence-corrected chi connectivity index (χ0v) is 21.6. The molecule has 4 rings (SSSR count). The highest BCUT2D eigenvalue weighted by Crippen LogP contribution is 2.36. The van der Waals surface area contributed by atoms with Crippen LogP contribution in [0.15, 0.2) is 65.0 Å². The molecule has 0 N–H and O–H groups in total. The number of thioether (sulfide) groups is 1. The van der Waals surface area contributed by atoms with E-state index >= 15 is 0 Å². The molecule has 0 atom stereocenters. The zero-order valence-electron chi connectivity index (χ0n) is 19.2. The SMILES string of the molecule is C=CCN1C(=O)/C(=C/c2ccc(OCc3ccc(Cl)cc3)c(OCC)c2)S/C1=N/c1nnc(C)s1. The van der Waals surface area contributed by atoms with E-state index in [0.29, 0.717) is 51.5 Å². The van der Waals surface area contributed by atoms with Gasteiger partial charge in [-0.1, -0.05) is 47.2 Å². The van der Waals surface area contributed by atoms with Gasteiger partial charge in [0.1, 0.15) is 11.6 Å². The Labute approximate surface area is 217 Å². The molecule has 0 aliphatic carbocycles. The van der Waals surface area contributed by atoms with Gasteiger partial charge in [-0.15, -0.1) is 16.8 Å². The second-order valence-electron chi connectivity index (χ2n) is 7.37. The Bertz CT molecular complexity index is 1290. The lowest BCUT2D eigenvalue weighted by molar-refractivity contribution is -0.121. The number of amidine groups is 1. The molecule has 1 amide bonds. The van der Waals surface area contributed by atoms with Crippen molar-refractivity contribution in [1.29, 1.82) is 0 Å². The Morgan fingerprint density at radius 3 is 2.63 bits per heavy atom. The van der Waals surface area contributed by atoms with E-state index in [-0.39, 0.29) is 5.91 Å². The Morgan fingerprint density at radius 2 is 1.94 bits per heavy atom. The van der Waals surface area contributed by atoms with Crippen LogP contribution in [-0.4, -0.2) is 39.3 Å². The van der Waals surface area contributed by atoms with Crippen LogP contribution in [0, 0.1) is 6.92 Å². The smallest absolute Gasteiger partial charge is 0.267 e. The average molecular weight is 527 g/mol. The lowest BCUT2D eigenvalue weighted by atomic mass is 10.1. The highest BCUT2D eigenvalue weighted by atomic mass is 35.5. The first kappa shape index (κ1) is 25.0. The van der Waals surface area contributed by atoms with Gasteiger partial charge >= 0.3 is 0 Å². The summed E-state index contributed by atoms with van der Waals surface area (Å²) >= 11 is 8.62. The molecule has 2 heterocycles. The van der Waals surface area contributed by atoms with Crippen LogP contribution in [-0.2, 0) is 11.4 Å². The van der Waals surface area contributed by atoms with Gasteiger partial charge in [0.25, 0.3) is 5.91 Å². The molecular formula is C25H23ClN4O3S2. The Balaban J connectivity index is 1.57. The van der Waals surface area contributed by atoms with Gasteiger partial charge in [0.05, 0.1) is 11.5 Å². The standard InChI is InChI=1S/C25H23ClN4O3S2/c1-4-12-30-23(31)22(35-25(30)27-24-29-28-16(3)34-24)14-18-8-11-20(21(13-18)32-5-2)33-15-17-6-9-19(26)10-7-17/h4,6-11,13-14H,1,5,12,15H2,2-3H3/b22-14-,27-25+. The van der Waals surface area contributed by atoms with Crippen molar-refractivity contribution in [2.24, 2.45) is 4.99 Å². The number of ether oxygens (including phenoxy) is 2. The summed E-state index contributed by atoms with van der Waals surface area (Å²) in [7, 11) is 0. The molecule has 2 aromatic carbocycles. The van der Waals surface area contributed by atoms with E-state index in [1.807, 2.05) is 62.4 Å². The minimum absolute atomic E-state index is 0.143. The second kappa shape index (κ2) is 11.5. The summed E-state index contributed by atoms with van der Waals surface area (Å²) in [5, 5.41) is 10.6. The van der Waals surface area contributed by atoms with Gasteiger partial charge in [0.2, 0.25) is 5.13 Å². The van der Waals surface area contributed by atoms with E-state index in [1.165, 1.54) is 23.1 Å². The number of hydrogen-bond acceptors (Lipinski definition) is 8. The van der Waals surface area contributed by atoms with Gasteiger partial charge in [0.15, 0.2) is 16.7 Å². The van der Waals surface area contributed by atoms with Crippen molar-refractivity contribution in [2.75, 3.05) is 13.2 Å². The number of carbonyl (C=O) groups is 1. The van der Waals surface area contributed by atoms with Gasteiger partial charge < -0.3 is 9.47 Å². The fraction of sp³-hybridized carbons (Fsp3) is 0.200. The normalized spacial score (nSPS) is 15.7. The highest BCUT2D eigenvalue weighted by molar-refractivity contribution is 8.18. The lowest BCUT2D eigenvalue weighted by Gasteiger charge is -2.13. The second-order valence-corrected chi connectivity index (χ2v) is 9.97. The molecule has 0 unspecified atom stereocenters. The largest absolute Gasteiger partial charge is 0.490 e. The van der Waals surface area contributed by atoms with E-state index in [4.69, 9.17) is 21.1 Å². The molecule has 10 heteroatoms. The first-order chi connectivity index (χ1) is 17.0. The monoisotopic (exact) mass is 526 g/mol. The molecule has 35 heavy (non-hydrogen) atoms. The van der Waals surface area contributed by atoms with E-state index in [9.17, 15) is 4.79 Å². The van der Waals surface area contributed by atoms with Crippen molar-refractivity contribution in [3.05, 3.63) is 81.2 Å². The molecule has 0 radical (unpaired) electrons. The summed E-state index contributed by atoms with van der Waals surface area (Å²) in [6, 6.07) is 13.1. The van der Waals surface area contributed by atoms with Crippen molar-refractivity contribution >= 4 is 57.0 Å². The predicted octanol–water partition coefficient (Wildman–Crippen LogP) is 6.27. The Kier molecular flexibility index (Phi) is 8.22. The van der Waals surface area contributed by atoms with Crippen LogP contribution in [0.25, 0.3) is 6.08 Å². The Hall–Kier alpha value is -3.14. The number of rotatable bonds is 9. The number of nitrogens with zero attached hydrogens (tertiary/aromatic N) is 4. The van der Waals surface area contributed by atoms with Gasteiger partial charge in [-0.2, -0.15) is 4.99 Å². The van der Waals surface area contributed by atoms with E-state index in [2.05, 4.69) is 21.8 Å². The van der Waals surface area contributed by atoms with Crippen molar-refractivity contribution in [3.63, 3.8) is 0 Å². The third-order valence-electron chi connectivity index (χ3n) is 4.78. The number of carbonyl (C=O) groups excluding carboxylic acids is 1. The number of aryl methyl sites for hydroxylation is 1. The molecule has 0 spiro atoms. The molecule has 1 fully saturated rings. The van der Waals surface area contributed by atoms with Gasteiger partial charge in [-0.3, -0.25) is 9.69 Å². The molecule has 1 aliphatic rings. The van der Waals surface area contributed by atoms with Crippen LogP contribution in [0.5, 0.6) is 11.5 Å². The third-order valence-corrected chi connectivity index (χ3v) is 6.77. The Morgan fingerprint density at radius 1 is 1.14 bits per heavy atom. The summed E-state index contributed by atoms with van der Waals surface area (Å²) in [6.45, 7) is 8.75. The van der Waals surface area contributed by atoms with Crippen molar-refractivity contribution in [3.8, 4) is 11.5 Å². The average Bonchev–Trinajstić information content (AvgIpc) is 3.38. The van der Waals surface area contributed by atoms with Crippen LogP contribution in [0.1, 0.15) is 23.1 Å². The summed E-state index contributed by atoms with van der Waals surface area (Å²) in [5.41, 5.74) is 1.81. The van der Waals surface area contributed by atoms with Crippen LogP contribution in [0.3, 0.4) is 0 Å². The molecule has 1 aliphatic heterocycles. The fourth-order valence-electron chi connectivity index (χ4n) is 3.19. The molecule has 3 aromatic rings. The molecule has 180 valence electrons. The van der Waals surface area contributed by atoms with Gasteiger partial charge in [-0.25, -0.2) is 0 Å². The van der Waals surface area contributed by atoms with Crippen molar-refractivity contribution < 1.29 is 14.3 Å². The third kappa shape index (κ3) is 6.30. The first-order valence-corrected chi connectivity index (χ1v) is 12.8. The van der Waals surface area contributed by atoms with Crippen molar-refractivity contribution in [1.82, 2.24) is 15.1 Å². The van der Waals surface area contributed by atoms with E-state index < -0.39 is 0 Å². The minimum atomic E-state index is -0.143. The van der Waals surface area contributed by atoms with Crippen molar-refractivity contribution in [2.45, 2.75) is 20.5 Å². The highest BCUT2D eigenvalue weighted by Gasteiger charge is 2.33. The van der Waals surface area contributed by atoms with Gasteiger partial charge in [0, 0.05) is 11.6 Å². The summed E-state index contributed by atoms with van der Waals surface area (Å²) in [5.74, 6) is 1.08. The maximum absolute atomic E-state index is 13.1. The summed E-state index contributed by atoms with van der Waals surface area (Å²) in [6.07, 6.45) is 3.49. The number of halogens is 1. The van der Waals surface area contributed by atoms with Gasteiger partial charge in [-0.05, 0) is 67.1 Å². The quantitative estimate of drug-likeness (QED) is 0.241. The number of aromatic nitrogens is 2. The molecule has 0 saturated carbocycles. The number of benzene rings is 2. The minimum Gasteiger partial charge on any atom is -0.490 e. The number of hydrogen-bond donors (Lipinski definition) is 0. The maximum atomic E-state index is 13.1. The molecule has 7 nitrogen and oxygen atoms in total. The van der Waals surface area contributed by atoms with E-state index in [0.717, 1.165) is 16.1 Å². The zero-order chi connectivity index (χ0) is 24.8. The number of aliphatic imine (C=N–C) groups is 1.